The summed E-state index contributed by atoms with van der Waals surface area (Å²) in [6, 6.07) is 11.3. The van der Waals surface area contributed by atoms with Crippen LogP contribution in [0.1, 0.15) is 97.3 Å². The number of piperazine rings is 2. The molecule has 0 saturated carbocycles. The summed E-state index contributed by atoms with van der Waals surface area (Å²) in [6.07, 6.45) is 6.67. The number of H-pyrrole nitrogens is 1. The molecule has 3 aliphatic rings. The van der Waals surface area contributed by atoms with Gasteiger partial charge in [-0.15, -0.1) is 0 Å². The molecule has 9 rings (SSSR count). The summed E-state index contributed by atoms with van der Waals surface area (Å²) in [5, 5.41) is 11.0. The number of rotatable bonds is 15. The number of fused-ring (bicyclic) bond motifs is 2. The number of aryl methyl sites for hydroxylation is 1. The number of hydrogen-bond acceptors (Lipinski definition) is 17. The van der Waals surface area contributed by atoms with Gasteiger partial charge in [0.05, 0.1) is 40.6 Å². The number of halogens is 1. The molecule has 7 heterocycles. The van der Waals surface area contributed by atoms with Crippen molar-refractivity contribution < 1.29 is 36.6 Å². The first kappa shape index (κ1) is 56.7. The third-order valence-electron chi connectivity index (χ3n) is 15.0. The minimum Gasteiger partial charge on any atom is -0.489 e. The topological polar surface area (TPSA) is 217 Å². The lowest BCUT2D eigenvalue weighted by atomic mass is 9.91. The Morgan fingerprint density at radius 2 is 1.56 bits per heavy atom. The minimum absolute atomic E-state index is 0.00723. The number of hydrogen-bond donors (Lipinski definition) is 2. The third-order valence-corrected chi connectivity index (χ3v) is 17.5. The number of aromatic amines is 1. The molecule has 2 N–H and O–H groups in total. The van der Waals surface area contributed by atoms with E-state index in [0.717, 1.165) is 33.8 Å². The number of anilines is 4. The van der Waals surface area contributed by atoms with Crippen molar-refractivity contribution in [1.82, 2.24) is 49.8 Å². The number of carbonyl (C=O) groups excluding carboxylic acids is 2. The fourth-order valence-corrected chi connectivity index (χ4v) is 11.7. The third kappa shape index (κ3) is 12.6. The molecule has 2 fully saturated rings. The van der Waals surface area contributed by atoms with E-state index in [4.69, 9.17) is 19.2 Å². The van der Waals surface area contributed by atoms with E-state index in [0.29, 0.717) is 86.5 Å². The molecule has 6 aromatic rings. The van der Waals surface area contributed by atoms with Crippen LogP contribution < -0.4 is 24.6 Å². The molecule has 3 atom stereocenters. The summed E-state index contributed by atoms with van der Waals surface area (Å²) in [7, 11) is -3.90. The van der Waals surface area contributed by atoms with E-state index >= 15 is 0 Å². The predicted octanol–water partition coefficient (Wildman–Crippen LogP) is 7.80. The maximum atomic E-state index is 14.6. The van der Waals surface area contributed by atoms with Gasteiger partial charge in [0.2, 0.25) is 11.9 Å². The Morgan fingerprint density at radius 1 is 0.835 bits per heavy atom. The van der Waals surface area contributed by atoms with Gasteiger partial charge in [-0.25, -0.2) is 37.5 Å². The number of amides is 2. The van der Waals surface area contributed by atoms with Crippen LogP contribution >= 0.6 is 0 Å². The van der Waals surface area contributed by atoms with Crippen LogP contribution in [0.25, 0.3) is 10.9 Å². The maximum Gasteiger partial charge on any atom is 0.410 e. The first-order valence-electron chi connectivity index (χ1n) is 26.9. The molecule has 20 nitrogen and oxygen atoms in total. The molecule has 0 aliphatic carbocycles. The Morgan fingerprint density at radius 3 is 2.23 bits per heavy atom. The predicted molar refractivity (Wildman–Crippen MR) is 301 cm³/mol. The standard InChI is InChI=1S/C57H74FN13O7S/c1-35-28-68(53-60-26-43(27-61-53)76-19-20-77-47-24-45-44(23-48(47)79(74,75)56(8,9)10)52(63-34-62-45)64-51-37(3)38(4)65-66-51)18-17-67(35)30-42-31-70(54(73)78-55(5,6)7)36(2)29-69(42)32-49(72)71-33-57(11,12)50-46(71)22-40(25-59-50)21-39-13-15-41(58)16-14-39/h13-16,22-27,34-36,42H,17-21,28-33H2,1-12H3,(H2,62,63,64,65,66)/t35-,36+,42+/m1/s1. The molecule has 0 bridgehead atoms. The molecule has 3 aliphatic heterocycles. The average molecular weight is 1100 g/mol. The summed E-state index contributed by atoms with van der Waals surface area (Å²) in [6.45, 7) is 26.9. The van der Waals surface area contributed by atoms with Gasteiger partial charge >= 0.3 is 6.09 Å². The summed E-state index contributed by atoms with van der Waals surface area (Å²) < 4.78 is 58.6. The molecule has 0 unspecified atom stereocenters. The summed E-state index contributed by atoms with van der Waals surface area (Å²) in [5.74, 6) is 1.77. The summed E-state index contributed by atoms with van der Waals surface area (Å²) >= 11 is 0. The van der Waals surface area contributed by atoms with Crippen LogP contribution in [-0.4, -0.2) is 164 Å². The number of nitrogens with zero attached hydrogens (tertiary/aromatic N) is 11. The number of nitrogens with one attached hydrogen (secondary N) is 2. The first-order chi connectivity index (χ1) is 37.2. The molecule has 79 heavy (non-hydrogen) atoms. The van der Waals surface area contributed by atoms with Gasteiger partial charge < -0.3 is 34.2 Å². The second kappa shape index (κ2) is 22.2. The number of benzene rings is 2. The Labute approximate surface area is 462 Å². The van der Waals surface area contributed by atoms with E-state index in [2.05, 4.69) is 70.9 Å². The van der Waals surface area contributed by atoms with E-state index in [1.165, 1.54) is 18.5 Å². The number of pyridine rings is 1. The fraction of sp³-hybridized carbons (Fsp3) is 0.509. The highest BCUT2D eigenvalue weighted by Crippen LogP contribution is 2.41. The molecule has 2 aromatic carbocycles. The first-order valence-corrected chi connectivity index (χ1v) is 28.4. The second-order valence-electron chi connectivity index (χ2n) is 23.8. The largest absolute Gasteiger partial charge is 0.489 e. The van der Waals surface area contributed by atoms with Crippen LogP contribution in [0, 0.1) is 19.7 Å². The SMILES string of the molecule is Cc1[nH]nc(Nc2ncnc3cc(OCCOc4cnc(N5CCN(C[C@H]6CN(C(=O)OC(C)(C)C)[C@@H](C)CN6CC(=O)N6CC(C)(C)c7ncc(Cc8ccc(F)cc8)cc76)[C@H](C)C5)nc4)c(S(=O)(=O)C(C)(C)C)cc23)c1C. The zero-order valence-electron chi connectivity index (χ0n) is 47.4. The Balaban J connectivity index is 0.838. The number of carbonyl (C=O) groups is 2. The summed E-state index contributed by atoms with van der Waals surface area (Å²) in [5.41, 5.74) is 4.80. The van der Waals surface area contributed by atoms with Crippen molar-refractivity contribution in [3.63, 3.8) is 0 Å². The van der Waals surface area contributed by atoms with Crippen molar-refractivity contribution in [2.24, 2.45) is 0 Å². The second-order valence-corrected chi connectivity index (χ2v) is 26.4. The highest BCUT2D eigenvalue weighted by Gasteiger charge is 2.43. The lowest BCUT2D eigenvalue weighted by Crippen LogP contribution is -2.65. The van der Waals surface area contributed by atoms with Crippen LogP contribution in [0.4, 0.5) is 32.5 Å². The molecule has 0 spiro atoms. The van der Waals surface area contributed by atoms with E-state index in [9.17, 15) is 22.4 Å². The van der Waals surface area contributed by atoms with Crippen molar-refractivity contribution in [3.8, 4) is 11.5 Å². The zero-order chi connectivity index (χ0) is 56.8. The number of sulfone groups is 1. The van der Waals surface area contributed by atoms with Gasteiger partial charge in [-0.1, -0.05) is 26.0 Å². The molecule has 2 amide bonds. The number of aromatic nitrogens is 7. The minimum atomic E-state index is -3.90. The van der Waals surface area contributed by atoms with Gasteiger partial charge in [-0.2, -0.15) is 5.10 Å². The van der Waals surface area contributed by atoms with Gasteiger partial charge in [0, 0.05) is 98.3 Å². The highest BCUT2D eigenvalue weighted by molar-refractivity contribution is 7.92. The van der Waals surface area contributed by atoms with Gasteiger partial charge in [0.1, 0.15) is 47.4 Å². The van der Waals surface area contributed by atoms with Crippen molar-refractivity contribution in [2.75, 3.05) is 80.7 Å². The van der Waals surface area contributed by atoms with Crippen LogP contribution in [0.5, 0.6) is 11.5 Å². The van der Waals surface area contributed by atoms with Crippen molar-refractivity contribution in [3.05, 3.63) is 101 Å². The fourth-order valence-electron chi connectivity index (χ4n) is 10.4. The smallest absolute Gasteiger partial charge is 0.410 e. The monoisotopic (exact) mass is 1100 g/mol. The van der Waals surface area contributed by atoms with Crippen LogP contribution in [0.3, 0.4) is 0 Å². The molecule has 2 saturated heterocycles. The Kier molecular flexibility index (Phi) is 16.0. The Hall–Kier alpha value is -7.04. The highest BCUT2D eigenvalue weighted by atomic mass is 32.2. The van der Waals surface area contributed by atoms with E-state index in [-0.39, 0.29) is 71.8 Å². The summed E-state index contributed by atoms with van der Waals surface area (Å²) in [4.78, 5) is 61.8. The zero-order valence-corrected chi connectivity index (χ0v) is 48.2. The molecule has 0 radical (unpaired) electrons. The Bertz CT molecular complexity index is 3310. The van der Waals surface area contributed by atoms with Crippen LogP contribution in [0.15, 0.2) is 72.3 Å². The normalized spacial score (nSPS) is 19.2. The maximum absolute atomic E-state index is 14.6. The molecular formula is C57H74FN13O7S. The van der Waals surface area contributed by atoms with Gasteiger partial charge in [-0.05, 0) is 111 Å². The van der Waals surface area contributed by atoms with Crippen LogP contribution in [0.2, 0.25) is 0 Å². The van der Waals surface area contributed by atoms with Gasteiger partial charge in [0.25, 0.3) is 0 Å². The van der Waals surface area contributed by atoms with Crippen molar-refractivity contribution in [2.45, 2.75) is 128 Å². The lowest BCUT2D eigenvalue weighted by Gasteiger charge is -2.48. The van der Waals surface area contributed by atoms with E-state index in [1.54, 1.807) is 62.3 Å². The van der Waals surface area contributed by atoms with Crippen molar-refractivity contribution in [1.29, 1.82) is 0 Å². The lowest BCUT2D eigenvalue weighted by molar-refractivity contribution is -0.121. The van der Waals surface area contributed by atoms with E-state index < -0.39 is 20.2 Å². The molecule has 4 aromatic heterocycles. The van der Waals surface area contributed by atoms with Gasteiger partial charge in [0.15, 0.2) is 21.4 Å². The van der Waals surface area contributed by atoms with Crippen LogP contribution in [-0.2, 0) is 31.2 Å². The number of ether oxygens (including phenoxy) is 3. The van der Waals surface area contributed by atoms with E-state index in [1.807, 2.05) is 58.7 Å². The molecule has 422 valence electrons. The average Bonchev–Trinajstić information content (AvgIpc) is 3.88. The molecule has 22 heteroatoms. The van der Waals surface area contributed by atoms with Crippen molar-refractivity contribution >= 4 is 56.0 Å². The quantitative estimate of drug-likeness (QED) is 0.0938. The van der Waals surface area contributed by atoms with Gasteiger partial charge in [-0.3, -0.25) is 24.7 Å². The molecular weight excluding hydrogens is 1030 g/mol.